The summed E-state index contributed by atoms with van der Waals surface area (Å²) in [4.78, 5) is 3.98. The van der Waals surface area contributed by atoms with Gasteiger partial charge in [0.05, 0.1) is 6.26 Å². The molecule has 0 radical (unpaired) electrons. The van der Waals surface area contributed by atoms with Crippen molar-refractivity contribution in [2.45, 2.75) is 6.92 Å². The van der Waals surface area contributed by atoms with Gasteiger partial charge in [0.2, 0.25) is 5.76 Å². The van der Waals surface area contributed by atoms with Crippen molar-refractivity contribution in [1.82, 2.24) is 0 Å². The highest BCUT2D eigenvalue weighted by atomic mass is 16.3. The van der Waals surface area contributed by atoms with Crippen LogP contribution in [-0.2, 0) is 0 Å². The highest BCUT2D eigenvalue weighted by Crippen LogP contribution is 2.17. The zero-order valence-electron chi connectivity index (χ0n) is 5.66. The second kappa shape index (κ2) is 2.88. The van der Waals surface area contributed by atoms with Gasteiger partial charge in [-0.1, -0.05) is 0 Å². The molecule has 1 aromatic heterocycles. The molecule has 0 unspecified atom stereocenters. The molecule has 0 bridgehead atoms. The molecule has 10 heavy (non-hydrogen) atoms. The Hall–Kier alpha value is -1.49. The third-order valence-corrected chi connectivity index (χ3v) is 1.04. The fraction of sp³-hybridized carbons (Fsp3) is 0.125. The number of rotatable bonds is 1. The van der Waals surface area contributed by atoms with E-state index in [0.29, 0.717) is 11.4 Å². The summed E-state index contributed by atoms with van der Waals surface area (Å²) in [5, 5.41) is 0. The highest BCUT2D eigenvalue weighted by molar-refractivity contribution is 5.62. The Bertz CT molecular complexity index is 278. The maximum absolute atomic E-state index is 5.11. The molecule has 1 aromatic rings. The molecule has 0 aliphatic rings. The first-order valence-electron chi connectivity index (χ1n) is 2.91. The lowest BCUT2D eigenvalue weighted by Crippen LogP contribution is -1.65. The van der Waals surface area contributed by atoms with E-state index < -0.39 is 0 Å². The monoisotopic (exact) mass is 133 g/mol. The minimum atomic E-state index is 0.484. The largest absolute Gasteiger partial charge is 0.454 e. The van der Waals surface area contributed by atoms with Crippen molar-refractivity contribution in [2.24, 2.45) is 4.99 Å². The lowest BCUT2D eigenvalue weighted by atomic mass is 10.4. The molecule has 0 fully saturated rings. The lowest BCUT2D eigenvalue weighted by molar-refractivity contribution is 0.555. The maximum Gasteiger partial charge on any atom is 0.201 e. The summed E-state index contributed by atoms with van der Waals surface area (Å²) < 4.78 is 4.92. The third-order valence-electron chi connectivity index (χ3n) is 1.04. The van der Waals surface area contributed by atoms with E-state index in [2.05, 4.69) is 10.9 Å². The van der Waals surface area contributed by atoms with Gasteiger partial charge in [-0.05, 0) is 12.8 Å². The van der Waals surface area contributed by atoms with Crippen LogP contribution in [0.1, 0.15) is 12.7 Å². The number of hydrogen-bond acceptors (Lipinski definition) is 2. The molecule has 0 atom stereocenters. The van der Waals surface area contributed by atoms with Crippen molar-refractivity contribution in [3.05, 3.63) is 18.1 Å². The average molecular weight is 133 g/mol. The summed E-state index contributed by atoms with van der Waals surface area (Å²) in [5.74, 6) is 2.86. The molecule has 0 spiro atoms. The van der Waals surface area contributed by atoms with Gasteiger partial charge in [0.25, 0.3) is 0 Å². The molecule has 2 nitrogen and oxygen atoms in total. The van der Waals surface area contributed by atoms with Gasteiger partial charge in [0, 0.05) is 12.3 Å². The van der Waals surface area contributed by atoms with Crippen LogP contribution in [0, 0.1) is 12.3 Å². The molecule has 1 rings (SSSR count). The van der Waals surface area contributed by atoms with Crippen LogP contribution in [0.5, 0.6) is 0 Å². The fourth-order valence-corrected chi connectivity index (χ4v) is 0.651. The van der Waals surface area contributed by atoms with E-state index in [1.807, 2.05) is 6.92 Å². The molecule has 0 aliphatic carbocycles. The summed E-state index contributed by atoms with van der Waals surface area (Å²) in [6.07, 6.45) is 8.31. The SMILES string of the molecule is C#Cc1occc1N=CC. The van der Waals surface area contributed by atoms with Crippen molar-refractivity contribution in [3.8, 4) is 12.3 Å². The van der Waals surface area contributed by atoms with Crippen LogP contribution in [0.25, 0.3) is 0 Å². The van der Waals surface area contributed by atoms with E-state index >= 15 is 0 Å². The Morgan fingerprint density at radius 2 is 2.60 bits per heavy atom. The predicted octanol–water partition coefficient (Wildman–Crippen LogP) is 1.98. The first-order chi connectivity index (χ1) is 4.88. The van der Waals surface area contributed by atoms with Gasteiger partial charge in [-0.15, -0.1) is 6.42 Å². The molecule has 50 valence electrons. The lowest BCUT2D eigenvalue weighted by Gasteiger charge is -1.83. The summed E-state index contributed by atoms with van der Waals surface area (Å²) in [7, 11) is 0. The van der Waals surface area contributed by atoms with Crippen molar-refractivity contribution in [2.75, 3.05) is 0 Å². The summed E-state index contributed by atoms with van der Waals surface area (Å²) in [6.45, 7) is 1.83. The fourth-order valence-electron chi connectivity index (χ4n) is 0.651. The van der Waals surface area contributed by atoms with E-state index in [-0.39, 0.29) is 0 Å². The number of furan rings is 1. The number of aliphatic imine (C=N–C) groups is 1. The van der Waals surface area contributed by atoms with Crippen molar-refractivity contribution >= 4 is 11.9 Å². The second-order valence-electron chi connectivity index (χ2n) is 1.67. The quantitative estimate of drug-likeness (QED) is 0.425. The standard InChI is InChI=1S/C8H7NO/c1-3-8-7(9-4-2)5-6-10-8/h1,4-6H,2H3. The van der Waals surface area contributed by atoms with Gasteiger partial charge in [0.15, 0.2) is 0 Å². The van der Waals surface area contributed by atoms with Crippen LogP contribution in [-0.4, -0.2) is 6.21 Å². The molecule has 0 saturated carbocycles. The van der Waals surface area contributed by atoms with E-state index in [0.717, 1.165) is 0 Å². The summed E-state index contributed by atoms with van der Waals surface area (Å²) in [6, 6.07) is 1.73. The van der Waals surface area contributed by atoms with Crippen LogP contribution in [0.3, 0.4) is 0 Å². The van der Waals surface area contributed by atoms with Gasteiger partial charge in [0.1, 0.15) is 5.69 Å². The topological polar surface area (TPSA) is 25.5 Å². The molecule has 0 N–H and O–H groups in total. The predicted molar refractivity (Wildman–Crippen MR) is 40.5 cm³/mol. The zero-order chi connectivity index (χ0) is 7.40. The molecular formula is C8H7NO. The van der Waals surface area contributed by atoms with Crippen molar-refractivity contribution < 1.29 is 4.42 Å². The van der Waals surface area contributed by atoms with Crippen LogP contribution in [0.4, 0.5) is 5.69 Å². The van der Waals surface area contributed by atoms with Gasteiger partial charge in [-0.25, -0.2) is 0 Å². The number of nitrogens with zero attached hydrogens (tertiary/aromatic N) is 1. The van der Waals surface area contributed by atoms with Crippen LogP contribution >= 0.6 is 0 Å². The van der Waals surface area contributed by atoms with Gasteiger partial charge < -0.3 is 4.42 Å². The molecule has 0 aromatic carbocycles. The molecule has 2 heteroatoms. The van der Waals surface area contributed by atoms with E-state index in [4.69, 9.17) is 10.8 Å². The molecule has 1 heterocycles. The summed E-state index contributed by atoms with van der Waals surface area (Å²) >= 11 is 0. The number of terminal acetylenes is 1. The first-order valence-corrected chi connectivity index (χ1v) is 2.91. The minimum absolute atomic E-state index is 0.484. The Labute approximate surface area is 59.6 Å². The Morgan fingerprint density at radius 3 is 3.20 bits per heavy atom. The van der Waals surface area contributed by atoms with Crippen LogP contribution in [0.2, 0.25) is 0 Å². The van der Waals surface area contributed by atoms with E-state index in [1.165, 1.54) is 6.26 Å². The normalized spacial score (nSPS) is 10.0. The Kier molecular flexibility index (Phi) is 1.91. The maximum atomic E-state index is 5.11. The van der Waals surface area contributed by atoms with E-state index in [1.54, 1.807) is 12.3 Å². The number of hydrogen-bond donors (Lipinski definition) is 0. The Balaban J connectivity index is 3.04. The average Bonchev–Trinajstić information content (AvgIpc) is 2.36. The van der Waals surface area contributed by atoms with Gasteiger partial charge in [-0.3, -0.25) is 4.99 Å². The Morgan fingerprint density at radius 1 is 1.80 bits per heavy atom. The third kappa shape index (κ3) is 1.08. The molecule has 0 aliphatic heterocycles. The molecular weight excluding hydrogens is 126 g/mol. The molecule has 0 amide bonds. The van der Waals surface area contributed by atoms with Gasteiger partial charge in [-0.2, -0.15) is 0 Å². The zero-order valence-corrected chi connectivity index (χ0v) is 5.66. The first kappa shape index (κ1) is 6.63. The second-order valence-corrected chi connectivity index (χ2v) is 1.67. The van der Waals surface area contributed by atoms with Crippen LogP contribution < -0.4 is 0 Å². The minimum Gasteiger partial charge on any atom is -0.454 e. The summed E-state index contributed by atoms with van der Waals surface area (Å²) in [5.41, 5.74) is 0.713. The smallest absolute Gasteiger partial charge is 0.201 e. The van der Waals surface area contributed by atoms with Crippen molar-refractivity contribution in [3.63, 3.8) is 0 Å². The van der Waals surface area contributed by atoms with Crippen LogP contribution in [0.15, 0.2) is 21.7 Å². The van der Waals surface area contributed by atoms with E-state index in [9.17, 15) is 0 Å². The highest BCUT2D eigenvalue weighted by Gasteiger charge is 1.97. The molecule has 0 saturated heterocycles. The van der Waals surface area contributed by atoms with Crippen molar-refractivity contribution in [1.29, 1.82) is 0 Å². The van der Waals surface area contributed by atoms with Gasteiger partial charge >= 0.3 is 0 Å².